The van der Waals surface area contributed by atoms with Crippen molar-refractivity contribution in [3.63, 3.8) is 0 Å². The molecule has 0 aliphatic rings. The normalized spacial score (nSPS) is 12.8. The van der Waals surface area contributed by atoms with E-state index in [1.165, 1.54) is 0 Å². The van der Waals surface area contributed by atoms with E-state index < -0.39 is 6.04 Å². The second-order valence-corrected chi connectivity index (χ2v) is 4.82. The first kappa shape index (κ1) is 13.8. The fraction of sp³-hybridized carbons (Fsp3) is 0.385. The molecular weight excluding hydrogens is 232 g/mol. The summed E-state index contributed by atoms with van der Waals surface area (Å²) in [4.78, 5) is 15.5. The van der Waals surface area contributed by atoms with Gasteiger partial charge < -0.3 is 5.73 Å². The van der Waals surface area contributed by atoms with Crippen LogP contribution in [0.4, 0.5) is 0 Å². The average molecular weight is 250 g/mol. The van der Waals surface area contributed by atoms with Crippen LogP contribution in [0.25, 0.3) is 0 Å². The summed E-state index contributed by atoms with van der Waals surface area (Å²) < 4.78 is 0. The summed E-state index contributed by atoms with van der Waals surface area (Å²) in [5.41, 5.74) is 7.49. The predicted molar refractivity (Wildman–Crippen MR) is 74.8 cm³/mol. The third-order valence-corrected chi connectivity index (χ3v) is 3.15. The molecule has 0 fully saturated rings. The molecule has 0 radical (unpaired) electrons. The van der Waals surface area contributed by atoms with Crippen molar-refractivity contribution in [3.05, 3.63) is 35.4 Å². The van der Waals surface area contributed by atoms with Gasteiger partial charge in [-0.2, -0.15) is 11.8 Å². The summed E-state index contributed by atoms with van der Waals surface area (Å²) >= 11 is 1.69. The zero-order valence-electron chi connectivity index (χ0n) is 10.2. The highest BCUT2D eigenvalue weighted by atomic mass is 32.2. The molecule has 0 unspecified atom stereocenters. The Labute approximate surface area is 107 Å². The number of hydrogen-bond acceptors (Lipinski definition) is 3. The fourth-order valence-corrected chi connectivity index (χ4v) is 1.88. The van der Waals surface area contributed by atoms with E-state index in [1.807, 2.05) is 37.4 Å². The van der Waals surface area contributed by atoms with Crippen molar-refractivity contribution in [1.82, 2.24) is 0 Å². The van der Waals surface area contributed by atoms with Gasteiger partial charge >= 0.3 is 0 Å². The molecule has 3 nitrogen and oxygen atoms in total. The van der Waals surface area contributed by atoms with Crippen LogP contribution in [0.1, 0.15) is 17.5 Å². The van der Waals surface area contributed by atoms with Crippen LogP contribution >= 0.6 is 11.8 Å². The van der Waals surface area contributed by atoms with Crippen LogP contribution in [-0.2, 0) is 4.79 Å². The van der Waals surface area contributed by atoms with Gasteiger partial charge in [0.1, 0.15) is 6.04 Å². The Morgan fingerprint density at radius 1 is 1.53 bits per heavy atom. The zero-order chi connectivity index (χ0) is 12.7. The maximum absolute atomic E-state index is 11.2. The Kier molecular flexibility index (Phi) is 5.77. The van der Waals surface area contributed by atoms with Gasteiger partial charge in [0.15, 0.2) is 0 Å². The Balaban J connectivity index is 2.72. The molecule has 0 aliphatic carbocycles. The van der Waals surface area contributed by atoms with E-state index in [-0.39, 0.29) is 5.91 Å². The first-order valence-corrected chi connectivity index (χ1v) is 6.91. The Morgan fingerprint density at radius 3 is 2.82 bits per heavy atom. The number of nitrogens with zero attached hydrogens (tertiary/aromatic N) is 1. The van der Waals surface area contributed by atoms with Crippen molar-refractivity contribution < 1.29 is 4.79 Å². The molecule has 0 heterocycles. The van der Waals surface area contributed by atoms with Crippen molar-refractivity contribution in [2.24, 2.45) is 10.7 Å². The Hall–Kier alpha value is -1.29. The maximum Gasteiger partial charge on any atom is 0.242 e. The first-order valence-electron chi connectivity index (χ1n) is 5.52. The van der Waals surface area contributed by atoms with Gasteiger partial charge in [-0.3, -0.25) is 9.79 Å². The van der Waals surface area contributed by atoms with Gasteiger partial charge in [-0.15, -0.1) is 0 Å². The highest BCUT2D eigenvalue weighted by Crippen LogP contribution is 2.07. The number of aliphatic imine (C=N–C) groups is 1. The number of nitrogens with two attached hydrogens (primary N) is 1. The van der Waals surface area contributed by atoms with Gasteiger partial charge in [-0.1, -0.05) is 24.3 Å². The second-order valence-electron chi connectivity index (χ2n) is 3.83. The smallest absolute Gasteiger partial charge is 0.242 e. The predicted octanol–water partition coefficient (Wildman–Crippen LogP) is 2.02. The van der Waals surface area contributed by atoms with Gasteiger partial charge in [-0.05, 0) is 36.5 Å². The van der Waals surface area contributed by atoms with Crippen molar-refractivity contribution in [1.29, 1.82) is 0 Å². The van der Waals surface area contributed by atoms with E-state index in [4.69, 9.17) is 5.73 Å². The molecule has 1 amide bonds. The molecule has 17 heavy (non-hydrogen) atoms. The summed E-state index contributed by atoms with van der Waals surface area (Å²) in [5, 5.41) is 0. The molecule has 2 N–H and O–H groups in total. The zero-order valence-corrected chi connectivity index (χ0v) is 11.0. The summed E-state index contributed by atoms with van der Waals surface area (Å²) in [6.07, 6.45) is 4.44. The molecule has 0 bridgehead atoms. The monoisotopic (exact) mass is 250 g/mol. The Bertz CT molecular complexity index is 404. The van der Waals surface area contributed by atoms with Crippen LogP contribution in [0.5, 0.6) is 0 Å². The number of carbonyl (C=O) groups is 1. The lowest BCUT2D eigenvalue weighted by atomic mass is 10.1. The number of thioether (sulfide) groups is 1. The number of rotatable bonds is 6. The lowest BCUT2D eigenvalue weighted by Crippen LogP contribution is -2.27. The quantitative estimate of drug-likeness (QED) is 0.785. The van der Waals surface area contributed by atoms with Crippen molar-refractivity contribution in [3.8, 4) is 0 Å². The van der Waals surface area contributed by atoms with Gasteiger partial charge in [-0.25, -0.2) is 0 Å². The molecule has 0 spiro atoms. The van der Waals surface area contributed by atoms with E-state index in [1.54, 1.807) is 18.0 Å². The second kappa shape index (κ2) is 7.12. The van der Waals surface area contributed by atoms with Crippen LogP contribution < -0.4 is 5.73 Å². The SMILES string of the molecule is CSCC[C@@H](N=Cc1ccccc1C)C(N)=O. The highest BCUT2D eigenvalue weighted by Gasteiger charge is 2.11. The molecule has 4 heteroatoms. The highest BCUT2D eigenvalue weighted by molar-refractivity contribution is 7.98. The topological polar surface area (TPSA) is 55.4 Å². The molecule has 1 aromatic carbocycles. The van der Waals surface area contributed by atoms with E-state index >= 15 is 0 Å². The van der Waals surface area contributed by atoms with Crippen LogP contribution in [0.2, 0.25) is 0 Å². The molecule has 0 aromatic heterocycles. The van der Waals surface area contributed by atoms with Gasteiger partial charge in [0.2, 0.25) is 5.91 Å². The van der Waals surface area contributed by atoms with Gasteiger partial charge in [0.25, 0.3) is 0 Å². The summed E-state index contributed by atoms with van der Waals surface area (Å²) in [6.45, 7) is 2.02. The number of primary amides is 1. The lowest BCUT2D eigenvalue weighted by Gasteiger charge is -2.07. The minimum Gasteiger partial charge on any atom is -0.368 e. The number of carbonyl (C=O) groups excluding carboxylic acids is 1. The van der Waals surface area contributed by atoms with E-state index in [2.05, 4.69) is 4.99 Å². The van der Waals surface area contributed by atoms with Crippen LogP contribution in [-0.4, -0.2) is 30.2 Å². The largest absolute Gasteiger partial charge is 0.368 e. The molecule has 1 aromatic rings. The summed E-state index contributed by atoms with van der Waals surface area (Å²) in [6, 6.07) is 7.51. The van der Waals surface area contributed by atoms with E-state index in [0.29, 0.717) is 6.42 Å². The molecule has 1 atom stereocenters. The van der Waals surface area contributed by atoms with Gasteiger partial charge in [0, 0.05) is 6.21 Å². The third kappa shape index (κ3) is 4.61. The third-order valence-electron chi connectivity index (χ3n) is 2.51. The number of amides is 1. The van der Waals surface area contributed by atoms with E-state index in [0.717, 1.165) is 16.9 Å². The van der Waals surface area contributed by atoms with Gasteiger partial charge in [0.05, 0.1) is 0 Å². The molecular formula is C13H18N2OS. The average Bonchev–Trinajstić information content (AvgIpc) is 2.31. The Morgan fingerprint density at radius 2 is 2.24 bits per heavy atom. The summed E-state index contributed by atoms with van der Waals surface area (Å²) in [5.74, 6) is 0.530. The van der Waals surface area contributed by atoms with E-state index in [9.17, 15) is 4.79 Å². The molecule has 0 aliphatic heterocycles. The number of benzene rings is 1. The summed E-state index contributed by atoms with van der Waals surface area (Å²) in [7, 11) is 0. The van der Waals surface area contributed by atoms with Crippen LogP contribution in [0, 0.1) is 6.92 Å². The van der Waals surface area contributed by atoms with Crippen molar-refractivity contribution in [2.45, 2.75) is 19.4 Å². The fourth-order valence-electron chi connectivity index (χ4n) is 1.42. The van der Waals surface area contributed by atoms with Crippen molar-refractivity contribution in [2.75, 3.05) is 12.0 Å². The molecule has 0 saturated carbocycles. The maximum atomic E-state index is 11.2. The standard InChI is InChI=1S/C13H18N2OS/c1-10-5-3-4-6-11(10)9-15-12(13(14)16)7-8-17-2/h3-6,9,12H,7-8H2,1-2H3,(H2,14,16)/t12-/m1/s1. The number of aryl methyl sites for hydroxylation is 1. The number of hydrogen-bond donors (Lipinski definition) is 1. The minimum absolute atomic E-state index is 0.358. The molecule has 92 valence electrons. The molecule has 0 saturated heterocycles. The molecule has 1 rings (SSSR count). The van der Waals surface area contributed by atoms with Crippen molar-refractivity contribution >= 4 is 23.9 Å². The minimum atomic E-state index is -0.415. The van der Waals surface area contributed by atoms with Crippen LogP contribution in [0.15, 0.2) is 29.3 Å². The lowest BCUT2D eigenvalue weighted by molar-refractivity contribution is -0.119. The van der Waals surface area contributed by atoms with Crippen LogP contribution in [0.3, 0.4) is 0 Å². The first-order chi connectivity index (χ1) is 8.15.